The van der Waals surface area contributed by atoms with Crippen molar-refractivity contribution in [2.45, 2.75) is 29.2 Å². The molecule has 0 N–H and O–H groups in total. The topological polar surface area (TPSA) is 84.0 Å². The van der Waals surface area contributed by atoms with Crippen LogP contribution in [0, 0.1) is 11.6 Å². The first-order chi connectivity index (χ1) is 20.7. The normalized spacial score (nSPS) is 12.7. The summed E-state index contributed by atoms with van der Waals surface area (Å²) in [4.78, 5) is -0.305. The number of rotatable bonds is 12. The van der Waals surface area contributed by atoms with Gasteiger partial charge in [-0.1, -0.05) is 53.0 Å². The molecule has 0 aromatic heterocycles. The van der Waals surface area contributed by atoms with Crippen molar-refractivity contribution in [3.63, 3.8) is 0 Å². The molecule has 234 valence electrons. The van der Waals surface area contributed by atoms with E-state index in [9.17, 15) is 21.2 Å². The van der Waals surface area contributed by atoms with Crippen molar-refractivity contribution in [3.8, 4) is 5.75 Å². The first-order valence-corrected chi connectivity index (χ1v) is 17.1. The maximum absolute atomic E-state index is 15.1. The first-order valence-electron chi connectivity index (χ1n) is 13.1. The van der Waals surface area contributed by atoms with Crippen molar-refractivity contribution in [2.24, 2.45) is 0 Å². The summed E-state index contributed by atoms with van der Waals surface area (Å²) in [5.74, 6) is -1.50. The van der Waals surface area contributed by atoms with Crippen LogP contribution in [0.15, 0.2) is 94.7 Å². The van der Waals surface area contributed by atoms with Crippen LogP contribution >= 0.6 is 34.8 Å². The van der Waals surface area contributed by atoms with E-state index in [0.29, 0.717) is 10.6 Å². The molecular formula is C30H27Cl3F2N2O5S2. The summed E-state index contributed by atoms with van der Waals surface area (Å²) in [5, 5.41) is 0.558. The van der Waals surface area contributed by atoms with Gasteiger partial charge < -0.3 is 4.74 Å². The van der Waals surface area contributed by atoms with Crippen LogP contribution in [-0.4, -0.2) is 41.3 Å². The summed E-state index contributed by atoms with van der Waals surface area (Å²) in [6.45, 7) is 1.63. The van der Waals surface area contributed by atoms with E-state index in [0.717, 1.165) is 26.8 Å². The Labute approximate surface area is 270 Å². The number of nitrogens with zero attached hydrogens (tertiary/aromatic N) is 2. The Morgan fingerprint density at radius 1 is 0.818 bits per heavy atom. The second-order valence-electron chi connectivity index (χ2n) is 9.67. The highest BCUT2D eigenvalue weighted by molar-refractivity contribution is 7.92. The van der Waals surface area contributed by atoms with Crippen LogP contribution in [-0.2, 0) is 20.0 Å². The molecule has 0 bridgehead atoms. The van der Waals surface area contributed by atoms with E-state index in [1.165, 1.54) is 56.4 Å². The summed E-state index contributed by atoms with van der Waals surface area (Å²) in [6, 6.07) is 17.5. The highest BCUT2D eigenvalue weighted by Crippen LogP contribution is 2.38. The van der Waals surface area contributed by atoms with Gasteiger partial charge in [0, 0.05) is 35.3 Å². The standard InChI is InChI=1S/C30H27Cl3F2N2O5S2/c1-20(37(28-19-23(34)11-15-27(28)35)43(38,39)24-12-8-21(31)9-13-24)25-6-3-4-7-29(25)42-17-5-16-36(2)44(40,41)30-18-22(32)10-14-26(30)33/h3-4,6-15,18-20H,5,16-17H2,1-2H3. The van der Waals surface area contributed by atoms with E-state index >= 15 is 4.39 Å². The highest BCUT2D eigenvalue weighted by atomic mass is 35.5. The van der Waals surface area contributed by atoms with Gasteiger partial charge in [0.25, 0.3) is 10.0 Å². The van der Waals surface area contributed by atoms with E-state index < -0.39 is 43.4 Å². The van der Waals surface area contributed by atoms with Gasteiger partial charge in [-0.15, -0.1) is 0 Å². The lowest BCUT2D eigenvalue weighted by Gasteiger charge is -2.32. The number of para-hydroxylation sites is 1. The third-order valence-corrected chi connectivity index (χ3v) is 11.4. The number of halogens is 5. The number of sulfonamides is 2. The molecule has 0 aliphatic rings. The van der Waals surface area contributed by atoms with Gasteiger partial charge in [-0.25, -0.2) is 29.9 Å². The molecule has 1 atom stereocenters. The van der Waals surface area contributed by atoms with Gasteiger partial charge >= 0.3 is 0 Å². The molecule has 0 heterocycles. The largest absolute Gasteiger partial charge is 0.493 e. The molecule has 4 aromatic rings. The van der Waals surface area contributed by atoms with Crippen LogP contribution in [0.3, 0.4) is 0 Å². The smallest absolute Gasteiger partial charge is 0.264 e. The molecule has 4 aromatic carbocycles. The predicted octanol–water partition coefficient (Wildman–Crippen LogP) is 7.97. The Kier molecular flexibility index (Phi) is 10.8. The molecule has 0 aliphatic carbocycles. The molecule has 7 nitrogen and oxygen atoms in total. The maximum Gasteiger partial charge on any atom is 0.264 e. The summed E-state index contributed by atoms with van der Waals surface area (Å²) < 4.78 is 91.1. The average Bonchev–Trinajstić information content (AvgIpc) is 2.98. The van der Waals surface area contributed by atoms with Crippen molar-refractivity contribution < 1.29 is 30.4 Å². The van der Waals surface area contributed by atoms with E-state index in [-0.39, 0.29) is 45.2 Å². The molecule has 0 fully saturated rings. The fourth-order valence-corrected chi connectivity index (χ4v) is 8.14. The Morgan fingerprint density at radius 2 is 1.48 bits per heavy atom. The van der Waals surface area contributed by atoms with Crippen molar-refractivity contribution >= 4 is 60.5 Å². The Balaban J connectivity index is 1.59. The zero-order valence-corrected chi connectivity index (χ0v) is 27.3. The zero-order valence-electron chi connectivity index (χ0n) is 23.4. The third kappa shape index (κ3) is 7.47. The number of anilines is 1. The Bertz CT molecular complexity index is 1860. The van der Waals surface area contributed by atoms with E-state index in [4.69, 9.17) is 39.5 Å². The molecular weight excluding hydrogens is 677 g/mol. The summed E-state index contributed by atoms with van der Waals surface area (Å²) >= 11 is 18.0. The van der Waals surface area contributed by atoms with E-state index in [1.54, 1.807) is 24.3 Å². The second kappa shape index (κ2) is 14.0. The summed E-state index contributed by atoms with van der Waals surface area (Å²) in [7, 11) is -6.98. The van der Waals surface area contributed by atoms with Crippen molar-refractivity contribution in [3.05, 3.63) is 117 Å². The second-order valence-corrected chi connectivity index (χ2v) is 14.8. The number of benzene rings is 4. The Hall–Kier alpha value is -2.93. The fraction of sp³-hybridized carbons (Fsp3) is 0.200. The lowest BCUT2D eigenvalue weighted by Crippen LogP contribution is -2.34. The van der Waals surface area contributed by atoms with Gasteiger partial charge in [0.05, 0.1) is 28.3 Å². The van der Waals surface area contributed by atoms with E-state index in [2.05, 4.69) is 0 Å². The molecule has 0 spiro atoms. The molecule has 0 aliphatic heterocycles. The van der Waals surface area contributed by atoms with Gasteiger partial charge in [0.15, 0.2) is 0 Å². The molecule has 14 heteroatoms. The predicted molar refractivity (Wildman–Crippen MR) is 169 cm³/mol. The van der Waals surface area contributed by atoms with Crippen LogP contribution in [0.4, 0.5) is 14.5 Å². The van der Waals surface area contributed by atoms with Crippen LogP contribution in [0.25, 0.3) is 0 Å². The number of hydrogen-bond acceptors (Lipinski definition) is 5. The van der Waals surface area contributed by atoms with Crippen molar-refractivity contribution in [1.82, 2.24) is 4.31 Å². The highest BCUT2D eigenvalue weighted by Gasteiger charge is 2.34. The van der Waals surface area contributed by atoms with Crippen LogP contribution in [0.5, 0.6) is 5.75 Å². The molecule has 44 heavy (non-hydrogen) atoms. The van der Waals surface area contributed by atoms with Crippen LogP contribution in [0.2, 0.25) is 15.1 Å². The zero-order chi connectivity index (χ0) is 32.2. The minimum atomic E-state index is -4.44. The summed E-state index contributed by atoms with van der Waals surface area (Å²) in [5.41, 5.74) is -0.130. The minimum absolute atomic E-state index is 0.0354. The molecule has 4 rings (SSSR count). The van der Waals surface area contributed by atoms with Gasteiger partial charge in [-0.2, -0.15) is 0 Å². The molecule has 0 saturated heterocycles. The lowest BCUT2D eigenvalue weighted by atomic mass is 10.1. The molecule has 1 unspecified atom stereocenters. The molecule has 0 saturated carbocycles. The first kappa shape index (κ1) is 34.0. The molecule has 0 radical (unpaired) electrons. The Morgan fingerprint density at radius 3 is 2.18 bits per heavy atom. The average molecular weight is 704 g/mol. The van der Waals surface area contributed by atoms with E-state index in [1.807, 2.05) is 0 Å². The number of ether oxygens (including phenoxy) is 1. The fourth-order valence-electron chi connectivity index (χ4n) is 4.44. The van der Waals surface area contributed by atoms with Crippen molar-refractivity contribution in [1.29, 1.82) is 0 Å². The van der Waals surface area contributed by atoms with Gasteiger partial charge in [0.2, 0.25) is 10.0 Å². The van der Waals surface area contributed by atoms with Gasteiger partial charge in [0.1, 0.15) is 22.3 Å². The van der Waals surface area contributed by atoms with Crippen LogP contribution < -0.4 is 9.04 Å². The van der Waals surface area contributed by atoms with Gasteiger partial charge in [-0.05, 0) is 74.0 Å². The van der Waals surface area contributed by atoms with Crippen molar-refractivity contribution in [2.75, 3.05) is 24.5 Å². The number of hydrogen-bond donors (Lipinski definition) is 0. The molecule has 0 amide bonds. The maximum atomic E-state index is 15.1. The van der Waals surface area contributed by atoms with Crippen LogP contribution in [0.1, 0.15) is 24.9 Å². The lowest BCUT2D eigenvalue weighted by molar-refractivity contribution is 0.292. The SMILES string of the molecule is CC(c1ccccc1OCCCN(C)S(=O)(=O)c1cc(Cl)ccc1Cl)N(c1cc(F)ccc1F)S(=O)(=O)c1ccc(Cl)cc1. The minimum Gasteiger partial charge on any atom is -0.493 e. The monoisotopic (exact) mass is 702 g/mol. The third-order valence-electron chi connectivity index (χ3n) is 6.69. The quantitative estimate of drug-likeness (QED) is 0.140. The summed E-state index contributed by atoms with van der Waals surface area (Å²) in [6.07, 6.45) is 0.252. The van der Waals surface area contributed by atoms with Gasteiger partial charge in [-0.3, -0.25) is 4.31 Å².